The first kappa shape index (κ1) is 19.6. The minimum absolute atomic E-state index is 0.0380. The summed E-state index contributed by atoms with van der Waals surface area (Å²) in [6.45, 7) is 3.52. The summed E-state index contributed by atoms with van der Waals surface area (Å²) in [7, 11) is 1.61. The Bertz CT molecular complexity index is 850. The smallest absolute Gasteiger partial charge is 0.233 e. The summed E-state index contributed by atoms with van der Waals surface area (Å²) in [4.78, 5) is 13.3. The number of benzene rings is 1. The molecule has 8 heteroatoms. The molecule has 1 atom stereocenters. The maximum Gasteiger partial charge on any atom is 0.233 e. The normalized spacial score (nSPS) is 12.1. The Balaban J connectivity index is 1.81. The van der Waals surface area contributed by atoms with Crippen molar-refractivity contribution in [1.82, 2.24) is 20.1 Å². The Morgan fingerprint density at radius 2 is 2.07 bits per heavy atom. The van der Waals surface area contributed by atoms with Gasteiger partial charge in [0.2, 0.25) is 5.91 Å². The Morgan fingerprint density at radius 3 is 2.78 bits per heavy atom. The largest absolute Gasteiger partial charge is 0.383 e. The molecule has 0 saturated heterocycles. The van der Waals surface area contributed by atoms with Crippen LogP contribution in [0.5, 0.6) is 0 Å². The molecule has 0 fully saturated rings. The van der Waals surface area contributed by atoms with E-state index in [0.29, 0.717) is 19.7 Å². The van der Waals surface area contributed by atoms with E-state index >= 15 is 0 Å². The van der Waals surface area contributed by atoms with Gasteiger partial charge >= 0.3 is 0 Å². The van der Waals surface area contributed by atoms with E-state index in [-0.39, 0.29) is 11.2 Å². The molecule has 2 aromatic heterocycles. The lowest BCUT2D eigenvalue weighted by molar-refractivity contribution is -0.120. The Labute approximate surface area is 167 Å². The van der Waals surface area contributed by atoms with Crippen LogP contribution in [0.15, 0.2) is 53.0 Å². The second-order valence-electron chi connectivity index (χ2n) is 5.90. The molecule has 6 nitrogen and oxygen atoms in total. The number of methoxy groups -OCH3 is 1. The van der Waals surface area contributed by atoms with Crippen LogP contribution in [0.4, 0.5) is 0 Å². The van der Waals surface area contributed by atoms with E-state index in [1.807, 2.05) is 42.6 Å². The van der Waals surface area contributed by atoms with E-state index in [9.17, 15) is 4.79 Å². The van der Waals surface area contributed by atoms with Crippen molar-refractivity contribution >= 4 is 29.0 Å². The van der Waals surface area contributed by atoms with Crippen molar-refractivity contribution in [2.24, 2.45) is 0 Å². The number of nitrogens with zero attached hydrogens (tertiary/aromatic N) is 3. The summed E-state index contributed by atoms with van der Waals surface area (Å²) in [6.07, 6.45) is 0. The van der Waals surface area contributed by atoms with Crippen LogP contribution in [0.2, 0.25) is 0 Å². The molecule has 0 aliphatic carbocycles. The third-order valence-electron chi connectivity index (χ3n) is 3.90. The fourth-order valence-corrected chi connectivity index (χ4v) is 4.09. The first-order valence-corrected chi connectivity index (χ1v) is 10.4. The number of ether oxygens (including phenoxy) is 1. The molecule has 3 rings (SSSR count). The van der Waals surface area contributed by atoms with Crippen molar-refractivity contribution in [2.45, 2.75) is 23.9 Å². The summed E-state index contributed by atoms with van der Waals surface area (Å²) in [6, 6.07) is 14.2. The maximum atomic E-state index is 12.3. The number of rotatable bonds is 9. The lowest BCUT2D eigenvalue weighted by atomic mass is 10.2. The van der Waals surface area contributed by atoms with Gasteiger partial charge < -0.3 is 10.1 Å². The molecule has 0 unspecified atom stereocenters. The van der Waals surface area contributed by atoms with Crippen molar-refractivity contribution in [1.29, 1.82) is 0 Å². The van der Waals surface area contributed by atoms with Crippen LogP contribution < -0.4 is 5.32 Å². The quantitative estimate of drug-likeness (QED) is 0.439. The number of hydrogen-bond donors (Lipinski definition) is 1. The number of carbonyl (C=O) groups excluding carboxylic acids is 1. The summed E-state index contributed by atoms with van der Waals surface area (Å²) in [5.41, 5.74) is 1.16. The van der Waals surface area contributed by atoms with Gasteiger partial charge in [0.15, 0.2) is 11.0 Å². The van der Waals surface area contributed by atoms with E-state index < -0.39 is 0 Å². The number of carbonyl (C=O) groups is 1. The Hall–Kier alpha value is -2.16. The molecule has 27 heavy (non-hydrogen) atoms. The molecule has 0 saturated carbocycles. The molecule has 0 aliphatic rings. The van der Waals surface area contributed by atoms with Crippen molar-refractivity contribution in [3.63, 3.8) is 0 Å². The van der Waals surface area contributed by atoms with Gasteiger partial charge in [-0.15, -0.1) is 21.5 Å². The van der Waals surface area contributed by atoms with Gasteiger partial charge in [-0.05, 0) is 23.9 Å². The first-order chi connectivity index (χ1) is 13.2. The highest BCUT2D eigenvalue weighted by Crippen LogP contribution is 2.30. The molecule has 0 radical (unpaired) electrons. The number of thiophene rings is 1. The Morgan fingerprint density at radius 1 is 1.26 bits per heavy atom. The topological polar surface area (TPSA) is 69.0 Å². The zero-order valence-corrected chi connectivity index (χ0v) is 16.9. The lowest BCUT2D eigenvalue weighted by Gasteiger charge is -2.13. The van der Waals surface area contributed by atoms with Gasteiger partial charge in [0, 0.05) is 13.7 Å². The molecule has 1 amide bonds. The summed E-state index contributed by atoms with van der Waals surface area (Å²) < 4.78 is 7.05. The lowest BCUT2D eigenvalue weighted by Crippen LogP contribution is -2.33. The van der Waals surface area contributed by atoms with E-state index in [0.717, 1.165) is 21.4 Å². The highest BCUT2D eigenvalue weighted by molar-refractivity contribution is 8.00. The average molecular weight is 403 g/mol. The fourth-order valence-electron chi connectivity index (χ4n) is 2.50. The molecule has 0 aliphatic heterocycles. The number of thioether (sulfide) groups is 1. The third-order valence-corrected chi connectivity index (χ3v) is 5.85. The van der Waals surface area contributed by atoms with Crippen LogP contribution in [0.25, 0.3) is 10.7 Å². The maximum absolute atomic E-state index is 12.3. The molecule has 3 aromatic rings. The van der Waals surface area contributed by atoms with Crippen molar-refractivity contribution < 1.29 is 9.53 Å². The highest BCUT2D eigenvalue weighted by Gasteiger charge is 2.21. The van der Waals surface area contributed by atoms with Gasteiger partial charge in [-0.2, -0.15) is 0 Å². The number of hydrogen-bond acceptors (Lipinski definition) is 6. The van der Waals surface area contributed by atoms with E-state index in [2.05, 4.69) is 32.2 Å². The summed E-state index contributed by atoms with van der Waals surface area (Å²) in [5.74, 6) is 0.785. The van der Waals surface area contributed by atoms with Crippen LogP contribution in [0.3, 0.4) is 0 Å². The fraction of sp³-hybridized carbons (Fsp3) is 0.316. The van der Waals surface area contributed by atoms with Crippen LogP contribution in [0, 0.1) is 0 Å². The van der Waals surface area contributed by atoms with E-state index in [1.165, 1.54) is 11.8 Å². The van der Waals surface area contributed by atoms with Crippen molar-refractivity contribution in [3.8, 4) is 10.7 Å². The monoisotopic (exact) mass is 402 g/mol. The average Bonchev–Trinajstić information content (AvgIpc) is 3.33. The summed E-state index contributed by atoms with van der Waals surface area (Å²) >= 11 is 3.04. The van der Waals surface area contributed by atoms with Gasteiger partial charge in [-0.3, -0.25) is 9.36 Å². The molecule has 2 heterocycles. The molecule has 1 N–H and O–H groups in total. The minimum atomic E-state index is -0.281. The molecular formula is C19H22N4O2S2. The molecule has 0 spiro atoms. The van der Waals surface area contributed by atoms with Crippen LogP contribution in [-0.4, -0.2) is 46.2 Å². The zero-order valence-electron chi connectivity index (χ0n) is 15.3. The van der Waals surface area contributed by atoms with Crippen LogP contribution in [-0.2, 0) is 16.1 Å². The predicted molar refractivity (Wildman–Crippen MR) is 109 cm³/mol. The van der Waals surface area contributed by atoms with Gasteiger partial charge in [0.1, 0.15) is 0 Å². The SMILES string of the molecule is COCCNC(=O)[C@@H](C)Sc1nnc(-c2cccs2)n1Cc1ccccc1. The molecule has 0 bridgehead atoms. The second-order valence-corrected chi connectivity index (χ2v) is 8.15. The third kappa shape index (κ3) is 5.18. The zero-order chi connectivity index (χ0) is 19.1. The molecular weight excluding hydrogens is 380 g/mol. The number of amides is 1. The van der Waals surface area contributed by atoms with Crippen LogP contribution >= 0.6 is 23.1 Å². The summed E-state index contributed by atoms with van der Waals surface area (Å²) in [5, 5.41) is 14.1. The predicted octanol–water partition coefficient (Wildman–Crippen LogP) is 3.30. The van der Waals surface area contributed by atoms with Crippen molar-refractivity contribution in [2.75, 3.05) is 20.3 Å². The molecule has 1 aromatic carbocycles. The van der Waals surface area contributed by atoms with Crippen molar-refractivity contribution in [3.05, 3.63) is 53.4 Å². The van der Waals surface area contributed by atoms with Crippen LogP contribution in [0.1, 0.15) is 12.5 Å². The van der Waals surface area contributed by atoms with Gasteiger partial charge in [0.05, 0.1) is 23.3 Å². The number of aromatic nitrogens is 3. The first-order valence-electron chi connectivity index (χ1n) is 8.63. The molecule has 142 valence electrons. The standard InChI is InChI=1S/C19H22N4O2S2/c1-14(18(24)20-10-11-25-2)27-19-22-21-17(16-9-6-12-26-16)23(19)13-15-7-4-3-5-8-15/h3-9,12,14H,10-11,13H2,1-2H3,(H,20,24)/t14-/m1/s1. The minimum Gasteiger partial charge on any atom is -0.383 e. The second kappa shape index (κ2) is 9.68. The van der Waals surface area contributed by atoms with Gasteiger partial charge in [0.25, 0.3) is 0 Å². The highest BCUT2D eigenvalue weighted by atomic mass is 32.2. The Kier molecular flexibility index (Phi) is 7.03. The van der Waals surface area contributed by atoms with E-state index in [1.54, 1.807) is 18.4 Å². The van der Waals surface area contributed by atoms with Gasteiger partial charge in [-0.25, -0.2) is 0 Å². The van der Waals surface area contributed by atoms with E-state index in [4.69, 9.17) is 4.74 Å². The van der Waals surface area contributed by atoms with Gasteiger partial charge in [-0.1, -0.05) is 48.2 Å². The number of nitrogens with one attached hydrogen (secondary N) is 1.